The van der Waals surface area contributed by atoms with Crippen LogP contribution in [0, 0.1) is 17.7 Å². The van der Waals surface area contributed by atoms with E-state index in [-0.39, 0.29) is 24.2 Å². The predicted molar refractivity (Wildman–Crippen MR) is 137 cm³/mol. The lowest BCUT2D eigenvalue weighted by molar-refractivity contribution is 0.0342. The number of H-pyrrole nitrogens is 1. The molecule has 2 aromatic carbocycles. The maximum absolute atomic E-state index is 15.2. The molecule has 0 spiro atoms. The third kappa shape index (κ3) is 7.68. The fraction of sp³-hybridized carbons (Fsp3) is 0.357. The highest BCUT2D eigenvalue weighted by molar-refractivity contribution is 5.45. The Bertz CT molecular complexity index is 1330. The first-order valence-corrected chi connectivity index (χ1v) is 12.3. The van der Waals surface area contributed by atoms with Crippen molar-refractivity contribution in [2.24, 2.45) is 0 Å². The number of ether oxygens (including phenoxy) is 1. The Morgan fingerprint density at radius 3 is 2.50 bits per heavy atom. The quantitative estimate of drug-likeness (QED) is 0.372. The number of aromatic amines is 1. The zero-order valence-corrected chi connectivity index (χ0v) is 20.7. The normalized spacial score (nSPS) is 14.7. The Kier molecular flexibility index (Phi) is 9.54. The maximum atomic E-state index is 15.2. The monoisotopic (exact) mass is 526 g/mol. The van der Waals surface area contributed by atoms with Crippen LogP contribution in [0.4, 0.5) is 13.2 Å². The van der Waals surface area contributed by atoms with E-state index in [1.54, 1.807) is 12.1 Å². The van der Waals surface area contributed by atoms with Crippen LogP contribution >= 0.6 is 0 Å². The maximum Gasteiger partial charge on any atom is 0.293 e. The van der Waals surface area contributed by atoms with Crippen molar-refractivity contribution in [1.82, 2.24) is 20.2 Å². The Morgan fingerprint density at radius 2 is 1.79 bits per heavy atom. The van der Waals surface area contributed by atoms with Crippen LogP contribution in [-0.4, -0.2) is 65.8 Å². The molecule has 3 N–H and O–H groups in total. The van der Waals surface area contributed by atoms with Crippen LogP contribution in [0.3, 0.4) is 0 Å². The summed E-state index contributed by atoms with van der Waals surface area (Å²) in [5.74, 6) is 4.20. The molecular weight excluding hydrogens is 497 g/mol. The summed E-state index contributed by atoms with van der Waals surface area (Å²) in [5.41, 5.74) is 2.00. The lowest BCUT2D eigenvalue weighted by atomic mass is 9.92. The first kappa shape index (κ1) is 27.4. The van der Waals surface area contributed by atoms with Crippen LogP contribution in [0.1, 0.15) is 33.9 Å². The lowest BCUT2D eigenvalue weighted by Gasteiger charge is -2.26. The van der Waals surface area contributed by atoms with Gasteiger partial charge in [0.1, 0.15) is 5.82 Å². The molecule has 1 aliphatic rings. The zero-order chi connectivity index (χ0) is 26.9. The number of nitrogens with one attached hydrogen (secondary N) is 2. The SMILES string of the molecule is O=c1[nH]cnc(C[C@H](CNCC(F)F)c2ccc(C#Cc3ccc(CN4CCOCC4)cc3)cc2F)c1O. The van der Waals surface area contributed by atoms with Gasteiger partial charge >= 0.3 is 0 Å². The molecule has 0 saturated carbocycles. The molecule has 7 nitrogen and oxygen atoms in total. The summed E-state index contributed by atoms with van der Waals surface area (Å²) in [6, 6.07) is 12.4. The first-order valence-electron chi connectivity index (χ1n) is 12.3. The number of rotatable bonds is 9. The topological polar surface area (TPSA) is 90.5 Å². The second kappa shape index (κ2) is 13.2. The van der Waals surface area contributed by atoms with Gasteiger partial charge in [0.15, 0.2) is 0 Å². The number of alkyl halides is 2. The predicted octanol–water partition coefficient (Wildman–Crippen LogP) is 3.03. The van der Waals surface area contributed by atoms with Gasteiger partial charge in [-0.2, -0.15) is 0 Å². The number of halogens is 3. The van der Waals surface area contributed by atoms with E-state index in [1.807, 2.05) is 24.3 Å². The van der Waals surface area contributed by atoms with Crippen LogP contribution in [0.2, 0.25) is 0 Å². The van der Waals surface area contributed by atoms with Gasteiger partial charge in [0.05, 0.1) is 31.8 Å². The number of benzene rings is 2. The Labute approximate surface area is 218 Å². The highest BCUT2D eigenvalue weighted by Gasteiger charge is 2.21. The average molecular weight is 527 g/mol. The standard InChI is InChI=1S/C28H29F3N4O3/c29-24-13-20(4-1-19-2-5-21(6-3-19)17-35-9-11-38-12-10-35)7-8-23(24)22(15-32-16-26(30)31)14-25-27(36)28(37)34-18-33-25/h2-3,5-8,13,18,22,26,32,36H,9-12,14-17H2,(H,33,34,37)/t22-/m1/s1. The number of hydrogen-bond donors (Lipinski definition) is 3. The number of aromatic nitrogens is 2. The minimum absolute atomic E-state index is 0.00297. The molecule has 1 aliphatic heterocycles. The van der Waals surface area contributed by atoms with E-state index in [0.29, 0.717) is 5.56 Å². The average Bonchev–Trinajstić information content (AvgIpc) is 2.91. The van der Waals surface area contributed by atoms with Gasteiger partial charge in [-0.1, -0.05) is 30.0 Å². The van der Waals surface area contributed by atoms with Gasteiger partial charge in [0.2, 0.25) is 5.75 Å². The lowest BCUT2D eigenvalue weighted by Crippen LogP contribution is -2.35. The van der Waals surface area contributed by atoms with Gasteiger partial charge < -0.3 is 20.1 Å². The van der Waals surface area contributed by atoms with E-state index in [9.17, 15) is 18.7 Å². The molecule has 4 rings (SSSR count). The summed E-state index contributed by atoms with van der Waals surface area (Å²) in [6.07, 6.45) is -1.46. The zero-order valence-electron chi connectivity index (χ0n) is 20.7. The van der Waals surface area contributed by atoms with Gasteiger partial charge in [-0.15, -0.1) is 0 Å². The molecule has 0 unspecified atom stereocenters. The van der Waals surface area contributed by atoms with Gasteiger partial charge in [-0.3, -0.25) is 9.69 Å². The van der Waals surface area contributed by atoms with E-state index >= 15 is 4.39 Å². The van der Waals surface area contributed by atoms with E-state index in [0.717, 1.165) is 44.7 Å². The number of aromatic hydroxyl groups is 1. The highest BCUT2D eigenvalue weighted by Crippen LogP contribution is 2.25. The van der Waals surface area contributed by atoms with Crippen molar-refractivity contribution in [3.05, 3.63) is 92.9 Å². The third-order valence-electron chi connectivity index (χ3n) is 6.29. The fourth-order valence-electron chi connectivity index (χ4n) is 4.26. The van der Waals surface area contributed by atoms with Crippen molar-refractivity contribution in [1.29, 1.82) is 0 Å². The molecule has 1 atom stereocenters. The van der Waals surface area contributed by atoms with E-state index < -0.39 is 36.0 Å². The van der Waals surface area contributed by atoms with Gasteiger partial charge in [0, 0.05) is 49.6 Å². The Balaban J connectivity index is 1.47. The van der Waals surface area contributed by atoms with Crippen molar-refractivity contribution in [3.63, 3.8) is 0 Å². The third-order valence-corrected chi connectivity index (χ3v) is 6.29. The molecule has 2 heterocycles. The molecule has 0 amide bonds. The van der Waals surface area contributed by atoms with E-state index in [4.69, 9.17) is 4.74 Å². The van der Waals surface area contributed by atoms with Crippen molar-refractivity contribution in [3.8, 4) is 17.6 Å². The molecule has 10 heteroatoms. The Morgan fingerprint density at radius 1 is 1.08 bits per heavy atom. The highest BCUT2D eigenvalue weighted by atomic mass is 19.3. The van der Waals surface area contributed by atoms with Crippen LogP contribution in [0.15, 0.2) is 53.6 Å². The minimum atomic E-state index is -2.57. The molecule has 0 radical (unpaired) electrons. The van der Waals surface area contributed by atoms with E-state index in [2.05, 4.69) is 32.0 Å². The second-order valence-electron chi connectivity index (χ2n) is 9.05. The summed E-state index contributed by atoms with van der Waals surface area (Å²) < 4.78 is 45.9. The van der Waals surface area contributed by atoms with Crippen LogP contribution in [0.5, 0.6) is 5.75 Å². The van der Waals surface area contributed by atoms with Crippen LogP contribution in [0.25, 0.3) is 0 Å². The molecule has 38 heavy (non-hydrogen) atoms. The molecule has 1 fully saturated rings. The molecular formula is C28H29F3N4O3. The number of hydrogen-bond acceptors (Lipinski definition) is 6. The van der Waals surface area contributed by atoms with Gasteiger partial charge in [-0.05, 0) is 35.4 Å². The fourth-order valence-corrected chi connectivity index (χ4v) is 4.26. The van der Waals surface area contributed by atoms with Crippen molar-refractivity contribution in [2.75, 3.05) is 39.4 Å². The van der Waals surface area contributed by atoms with Crippen LogP contribution in [-0.2, 0) is 17.7 Å². The molecule has 0 aliphatic carbocycles. The summed E-state index contributed by atoms with van der Waals surface area (Å²) in [6.45, 7) is 3.59. The van der Waals surface area contributed by atoms with Crippen molar-refractivity contribution < 1.29 is 23.0 Å². The smallest absolute Gasteiger partial charge is 0.293 e. The van der Waals surface area contributed by atoms with Crippen molar-refractivity contribution in [2.45, 2.75) is 25.3 Å². The second-order valence-corrected chi connectivity index (χ2v) is 9.05. The number of nitrogens with zero attached hydrogens (tertiary/aromatic N) is 2. The molecule has 200 valence electrons. The molecule has 1 saturated heterocycles. The van der Waals surface area contributed by atoms with Gasteiger partial charge in [-0.25, -0.2) is 18.2 Å². The van der Waals surface area contributed by atoms with E-state index in [1.165, 1.54) is 11.6 Å². The first-order chi connectivity index (χ1) is 18.4. The number of morpholine rings is 1. The molecule has 1 aromatic heterocycles. The van der Waals surface area contributed by atoms with Crippen LogP contribution < -0.4 is 10.9 Å². The summed E-state index contributed by atoms with van der Waals surface area (Å²) >= 11 is 0. The molecule has 3 aromatic rings. The summed E-state index contributed by atoms with van der Waals surface area (Å²) in [7, 11) is 0. The summed E-state index contributed by atoms with van der Waals surface area (Å²) in [5, 5.41) is 12.6. The van der Waals surface area contributed by atoms with Crippen molar-refractivity contribution >= 4 is 0 Å². The molecule has 0 bridgehead atoms. The summed E-state index contributed by atoms with van der Waals surface area (Å²) in [4.78, 5) is 20.3. The largest absolute Gasteiger partial charge is 0.502 e. The van der Waals surface area contributed by atoms with Gasteiger partial charge in [0.25, 0.3) is 12.0 Å². The minimum Gasteiger partial charge on any atom is -0.502 e. The Hall–Kier alpha value is -3.65.